The molecule has 2 aliphatic heterocycles. The van der Waals surface area contributed by atoms with Crippen LogP contribution >= 0.6 is 0 Å². The van der Waals surface area contributed by atoms with Crippen molar-refractivity contribution in [1.82, 2.24) is 9.80 Å². The van der Waals surface area contributed by atoms with E-state index < -0.39 is 12.2 Å². The number of amides is 2. The van der Waals surface area contributed by atoms with Gasteiger partial charge in [0.1, 0.15) is 0 Å². The second-order valence-corrected chi connectivity index (χ2v) is 3.83. The van der Waals surface area contributed by atoms with Gasteiger partial charge in [0, 0.05) is 31.8 Å². The summed E-state index contributed by atoms with van der Waals surface area (Å²) in [5.41, 5.74) is 0.908. The summed E-state index contributed by atoms with van der Waals surface area (Å²) in [6.07, 6.45) is 0.353. The van der Waals surface area contributed by atoms with Crippen LogP contribution in [0.15, 0.2) is 11.8 Å². The third kappa shape index (κ3) is 1.74. The minimum Gasteiger partial charge on any atom is -0.465 e. The standard InChI is InChI=1S/C9H12N2O4/c12-8(13)10-2-1-6-3-11(9(14)15)5-7(6)4-10/h5-6H,1-4H2,(H,12,13)(H,14,15). The lowest BCUT2D eigenvalue weighted by Gasteiger charge is -2.29. The van der Waals surface area contributed by atoms with E-state index in [1.54, 1.807) is 6.20 Å². The third-order valence-corrected chi connectivity index (χ3v) is 2.90. The monoisotopic (exact) mass is 212 g/mol. The Balaban J connectivity index is 2.09. The Labute approximate surface area is 86.4 Å². The molecule has 0 radical (unpaired) electrons. The van der Waals surface area contributed by atoms with Crippen molar-refractivity contribution in [2.24, 2.45) is 5.92 Å². The molecule has 0 spiro atoms. The number of fused-ring (bicyclic) bond motifs is 1. The molecule has 6 nitrogen and oxygen atoms in total. The van der Waals surface area contributed by atoms with Crippen molar-refractivity contribution in [3.8, 4) is 0 Å². The fourth-order valence-electron chi connectivity index (χ4n) is 2.07. The molecule has 0 saturated carbocycles. The Kier molecular flexibility index (Phi) is 2.26. The Morgan fingerprint density at radius 3 is 2.67 bits per heavy atom. The summed E-state index contributed by atoms with van der Waals surface area (Å²) >= 11 is 0. The van der Waals surface area contributed by atoms with Gasteiger partial charge >= 0.3 is 12.2 Å². The molecule has 0 aliphatic carbocycles. The maximum Gasteiger partial charge on any atom is 0.411 e. The fourth-order valence-corrected chi connectivity index (χ4v) is 2.07. The summed E-state index contributed by atoms with van der Waals surface area (Å²) in [6, 6.07) is 0. The van der Waals surface area contributed by atoms with Crippen LogP contribution in [0.5, 0.6) is 0 Å². The average molecular weight is 212 g/mol. The van der Waals surface area contributed by atoms with E-state index in [1.165, 1.54) is 9.80 Å². The highest BCUT2D eigenvalue weighted by Crippen LogP contribution is 2.29. The Bertz CT molecular complexity index is 339. The maximum atomic E-state index is 10.7. The van der Waals surface area contributed by atoms with Crippen LogP contribution in [0.4, 0.5) is 9.59 Å². The zero-order valence-corrected chi connectivity index (χ0v) is 8.09. The van der Waals surface area contributed by atoms with E-state index in [0.29, 0.717) is 26.1 Å². The summed E-state index contributed by atoms with van der Waals surface area (Å²) in [5, 5.41) is 17.6. The number of hydrogen-bond donors (Lipinski definition) is 2. The molecule has 0 aromatic carbocycles. The summed E-state index contributed by atoms with van der Waals surface area (Å²) in [6.45, 7) is 1.30. The number of nitrogens with zero attached hydrogens (tertiary/aromatic N) is 2. The second kappa shape index (κ2) is 3.45. The SMILES string of the molecule is O=C(O)N1C=C2CN(C(=O)O)CCC2C1. The first-order valence-corrected chi connectivity index (χ1v) is 4.76. The van der Waals surface area contributed by atoms with Crippen molar-refractivity contribution in [3.05, 3.63) is 11.8 Å². The minimum atomic E-state index is -0.973. The Morgan fingerprint density at radius 1 is 1.33 bits per heavy atom. The van der Waals surface area contributed by atoms with Gasteiger partial charge in [-0.2, -0.15) is 0 Å². The Morgan fingerprint density at radius 2 is 2.07 bits per heavy atom. The molecule has 6 heteroatoms. The fraction of sp³-hybridized carbons (Fsp3) is 0.556. The predicted octanol–water partition coefficient (Wildman–Crippen LogP) is 0.864. The number of hydrogen-bond acceptors (Lipinski definition) is 2. The van der Waals surface area contributed by atoms with Gasteiger partial charge in [0.25, 0.3) is 0 Å². The van der Waals surface area contributed by atoms with E-state index in [1.807, 2.05) is 0 Å². The van der Waals surface area contributed by atoms with Gasteiger partial charge < -0.3 is 15.1 Å². The molecule has 2 amide bonds. The van der Waals surface area contributed by atoms with Crippen molar-refractivity contribution in [1.29, 1.82) is 0 Å². The molecule has 2 aliphatic rings. The summed E-state index contributed by atoms with van der Waals surface area (Å²) < 4.78 is 0. The van der Waals surface area contributed by atoms with Crippen LogP contribution in [0.25, 0.3) is 0 Å². The average Bonchev–Trinajstić information content (AvgIpc) is 2.59. The molecule has 0 aromatic rings. The highest BCUT2D eigenvalue weighted by molar-refractivity contribution is 5.68. The van der Waals surface area contributed by atoms with Gasteiger partial charge in [-0.15, -0.1) is 0 Å². The summed E-state index contributed by atoms with van der Waals surface area (Å²) in [4.78, 5) is 24.0. The largest absolute Gasteiger partial charge is 0.465 e. The van der Waals surface area contributed by atoms with Gasteiger partial charge in [-0.1, -0.05) is 0 Å². The minimum absolute atomic E-state index is 0.205. The molecular weight excluding hydrogens is 200 g/mol. The molecule has 2 heterocycles. The smallest absolute Gasteiger partial charge is 0.411 e. The van der Waals surface area contributed by atoms with E-state index in [-0.39, 0.29) is 5.92 Å². The van der Waals surface area contributed by atoms with Crippen LogP contribution in [0.2, 0.25) is 0 Å². The summed E-state index contributed by atoms with van der Waals surface area (Å²) in [5.74, 6) is 0.205. The van der Waals surface area contributed by atoms with Crippen LogP contribution in [0.3, 0.4) is 0 Å². The van der Waals surface area contributed by atoms with Gasteiger partial charge in [0.15, 0.2) is 0 Å². The van der Waals surface area contributed by atoms with Gasteiger partial charge in [-0.25, -0.2) is 9.59 Å². The highest BCUT2D eigenvalue weighted by Gasteiger charge is 2.33. The van der Waals surface area contributed by atoms with Crippen molar-refractivity contribution in [3.63, 3.8) is 0 Å². The van der Waals surface area contributed by atoms with Crippen molar-refractivity contribution >= 4 is 12.2 Å². The van der Waals surface area contributed by atoms with Crippen LogP contribution in [-0.4, -0.2) is 51.8 Å². The number of piperidine rings is 1. The normalized spacial score (nSPS) is 24.8. The molecule has 15 heavy (non-hydrogen) atoms. The lowest BCUT2D eigenvalue weighted by atomic mass is 9.94. The quantitative estimate of drug-likeness (QED) is 0.624. The van der Waals surface area contributed by atoms with E-state index >= 15 is 0 Å². The van der Waals surface area contributed by atoms with Crippen molar-refractivity contribution < 1.29 is 19.8 Å². The lowest BCUT2D eigenvalue weighted by Crippen LogP contribution is -2.39. The second-order valence-electron chi connectivity index (χ2n) is 3.83. The van der Waals surface area contributed by atoms with Crippen molar-refractivity contribution in [2.75, 3.05) is 19.6 Å². The highest BCUT2D eigenvalue weighted by atomic mass is 16.4. The Hall–Kier alpha value is -1.72. The van der Waals surface area contributed by atoms with Crippen LogP contribution in [0.1, 0.15) is 6.42 Å². The first kappa shape index (κ1) is 9.82. The van der Waals surface area contributed by atoms with Crippen LogP contribution < -0.4 is 0 Å². The lowest BCUT2D eigenvalue weighted by molar-refractivity contribution is 0.137. The van der Waals surface area contributed by atoms with Gasteiger partial charge in [0.05, 0.1) is 0 Å². The molecule has 82 valence electrons. The van der Waals surface area contributed by atoms with Crippen LogP contribution in [0, 0.1) is 5.92 Å². The molecule has 1 atom stereocenters. The molecule has 2 rings (SSSR count). The molecule has 0 aromatic heterocycles. The zero-order chi connectivity index (χ0) is 11.0. The number of rotatable bonds is 0. The van der Waals surface area contributed by atoms with E-state index in [2.05, 4.69) is 0 Å². The molecule has 1 fully saturated rings. The number of likely N-dealkylation sites (tertiary alicyclic amines) is 1. The molecule has 0 bridgehead atoms. The van der Waals surface area contributed by atoms with E-state index in [9.17, 15) is 9.59 Å². The van der Waals surface area contributed by atoms with E-state index in [4.69, 9.17) is 10.2 Å². The third-order valence-electron chi connectivity index (χ3n) is 2.90. The molecule has 1 unspecified atom stereocenters. The first-order chi connectivity index (χ1) is 7.08. The van der Waals surface area contributed by atoms with E-state index in [0.717, 1.165) is 5.57 Å². The summed E-state index contributed by atoms with van der Waals surface area (Å²) in [7, 11) is 0. The molecule has 1 saturated heterocycles. The van der Waals surface area contributed by atoms with Gasteiger partial charge in [0.2, 0.25) is 0 Å². The number of carboxylic acid groups (broad SMARTS) is 2. The number of carbonyl (C=O) groups is 2. The zero-order valence-electron chi connectivity index (χ0n) is 8.09. The molecule has 2 N–H and O–H groups in total. The topological polar surface area (TPSA) is 81.1 Å². The molecular formula is C9H12N2O4. The van der Waals surface area contributed by atoms with Crippen LogP contribution in [-0.2, 0) is 0 Å². The first-order valence-electron chi connectivity index (χ1n) is 4.76. The van der Waals surface area contributed by atoms with Crippen molar-refractivity contribution in [2.45, 2.75) is 6.42 Å². The van der Waals surface area contributed by atoms with Gasteiger partial charge in [-0.3, -0.25) is 4.90 Å². The maximum absolute atomic E-state index is 10.7. The van der Waals surface area contributed by atoms with Gasteiger partial charge in [-0.05, 0) is 12.0 Å². The predicted molar refractivity (Wildman–Crippen MR) is 50.5 cm³/mol.